The second-order valence-corrected chi connectivity index (χ2v) is 3.22. The Balaban J connectivity index is 1.93. The van der Waals surface area contributed by atoms with Crippen LogP contribution in [0, 0.1) is 6.92 Å². The van der Waals surface area contributed by atoms with Gasteiger partial charge in [-0.2, -0.15) is 0 Å². The Hall–Kier alpha value is -0.910. The van der Waals surface area contributed by atoms with Gasteiger partial charge >= 0.3 is 0 Å². The molecule has 0 atom stereocenters. The number of nitrogens with zero attached hydrogens (tertiary/aromatic N) is 1. The molecular formula is C10H18N2O3. The maximum absolute atomic E-state index is 5.28. The third-order valence-electron chi connectivity index (χ3n) is 1.83. The van der Waals surface area contributed by atoms with Crippen molar-refractivity contribution in [3.8, 4) is 0 Å². The van der Waals surface area contributed by atoms with Gasteiger partial charge in [0.1, 0.15) is 0 Å². The Bertz CT molecular complexity index is 263. The summed E-state index contributed by atoms with van der Waals surface area (Å²) in [6, 6.07) is 1.92. The van der Waals surface area contributed by atoms with Gasteiger partial charge in [0.2, 0.25) is 0 Å². The summed E-state index contributed by atoms with van der Waals surface area (Å²) in [6.45, 7) is 5.34. The third-order valence-corrected chi connectivity index (χ3v) is 1.83. The van der Waals surface area contributed by atoms with E-state index < -0.39 is 0 Å². The van der Waals surface area contributed by atoms with Gasteiger partial charge in [0, 0.05) is 19.7 Å². The van der Waals surface area contributed by atoms with E-state index in [1.807, 2.05) is 13.0 Å². The van der Waals surface area contributed by atoms with Crippen molar-refractivity contribution >= 4 is 0 Å². The Morgan fingerprint density at radius 3 is 2.93 bits per heavy atom. The van der Waals surface area contributed by atoms with Gasteiger partial charge in [-0.1, -0.05) is 5.16 Å². The van der Waals surface area contributed by atoms with E-state index in [4.69, 9.17) is 14.0 Å². The first-order valence-corrected chi connectivity index (χ1v) is 5.02. The Labute approximate surface area is 89.7 Å². The summed E-state index contributed by atoms with van der Waals surface area (Å²) < 4.78 is 15.2. The van der Waals surface area contributed by atoms with Crippen LogP contribution in [0.3, 0.4) is 0 Å². The monoisotopic (exact) mass is 214 g/mol. The predicted molar refractivity (Wildman–Crippen MR) is 55.6 cm³/mol. The van der Waals surface area contributed by atoms with Gasteiger partial charge in [-0.3, -0.25) is 0 Å². The van der Waals surface area contributed by atoms with Gasteiger partial charge in [0.15, 0.2) is 5.76 Å². The molecule has 1 rings (SSSR count). The molecule has 1 N–H and O–H groups in total. The largest absolute Gasteiger partial charge is 0.382 e. The summed E-state index contributed by atoms with van der Waals surface area (Å²) in [5, 5.41) is 6.99. The molecule has 0 fully saturated rings. The summed E-state index contributed by atoms with van der Waals surface area (Å²) in [7, 11) is 1.66. The zero-order valence-electron chi connectivity index (χ0n) is 9.28. The SMILES string of the molecule is COCCOCCNCc1cc(C)no1. The average molecular weight is 214 g/mol. The fourth-order valence-corrected chi connectivity index (χ4v) is 1.10. The molecule has 5 heteroatoms. The minimum atomic E-state index is 0.638. The van der Waals surface area contributed by atoms with Crippen LogP contribution in [0.25, 0.3) is 0 Å². The van der Waals surface area contributed by atoms with E-state index in [9.17, 15) is 0 Å². The number of aryl methyl sites for hydroxylation is 1. The summed E-state index contributed by atoms with van der Waals surface area (Å²) in [4.78, 5) is 0. The highest BCUT2D eigenvalue weighted by Crippen LogP contribution is 2.00. The maximum Gasteiger partial charge on any atom is 0.150 e. The quantitative estimate of drug-likeness (QED) is 0.647. The highest BCUT2D eigenvalue weighted by atomic mass is 16.5. The average Bonchev–Trinajstić information content (AvgIpc) is 2.63. The topological polar surface area (TPSA) is 56.5 Å². The summed E-state index contributed by atoms with van der Waals surface area (Å²) in [5.41, 5.74) is 0.906. The molecule has 0 spiro atoms. The van der Waals surface area contributed by atoms with Gasteiger partial charge in [-0.15, -0.1) is 0 Å². The summed E-state index contributed by atoms with van der Waals surface area (Å²) >= 11 is 0. The standard InChI is InChI=1S/C10H18N2O3/c1-9-7-10(15-12-9)8-11-3-4-14-6-5-13-2/h7,11H,3-6,8H2,1-2H3. The van der Waals surface area contributed by atoms with Crippen molar-refractivity contribution in [1.29, 1.82) is 0 Å². The molecule has 1 aromatic heterocycles. The summed E-state index contributed by atoms with van der Waals surface area (Å²) in [6.07, 6.45) is 0. The molecule has 0 amide bonds. The van der Waals surface area contributed by atoms with Crippen LogP contribution in [-0.2, 0) is 16.0 Å². The minimum absolute atomic E-state index is 0.638. The van der Waals surface area contributed by atoms with Gasteiger partial charge in [-0.25, -0.2) is 0 Å². The first-order chi connectivity index (χ1) is 7.33. The van der Waals surface area contributed by atoms with Crippen molar-refractivity contribution in [2.45, 2.75) is 13.5 Å². The van der Waals surface area contributed by atoms with E-state index in [1.54, 1.807) is 7.11 Å². The molecule has 15 heavy (non-hydrogen) atoms. The van der Waals surface area contributed by atoms with Gasteiger partial charge < -0.3 is 19.3 Å². The molecule has 0 aliphatic heterocycles. The lowest BCUT2D eigenvalue weighted by atomic mass is 10.4. The van der Waals surface area contributed by atoms with Crippen molar-refractivity contribution in [2.75, 3.05) is 33.5 Å². The number of aromatic nitrogens is 1. The summed E-state index contributed by atoms with van der Waals surface area (Å²) in [5.74, 6) is 0.851. The van der Waals surface area contributed by atoms with E-state index in [2.05, 4.69) is 10.5 Å². The van der Waals surface area contributed by atoms with E-state index in [0.29, 0.717) is 26.4 Å². The van der Waals surface area contributed by atoms with Crippen LogP contribution >= 0.6 is 0 Å². The number of hydrogen-bond acceptors (Lipinski definition) is 5. The predicted octanol–water partition coefficient (Wildman–Crippen LogP) is 0.736. The van der Waals surface area contributed by atoms with Crippen LogP contribution in [0.15, 0.2) is 10.6 Å². The fourth-order valence-electron chi connectivity index (χ4n) is 1.10. The van der Waals surface area contributed by atoms with E-state index in [0.717, 1.165) is 18.0 Å². The smallest absolute Gasteiger partial charge is 0.150 e. The van der Waals surface area contributed by atoms with Crippen LogP contribution in [-0.4, -0.2) is 38.6 Å². The highest BCUT2D eigenvalue weighted by Gasteiger charge is 1.98. The number of ether oxygens (including phenoxy) is 2. The molecule has 0 aliphatic rings. The lowest BCUT2D eigenvalue weighted by Gasteiger charge is -2.03. The van der Waals surface area contributed by atoms with Gasteiger partial charge in [0.05, 0.1) is 32.1 Å². The number of methoxy groups -OCH3 is 1. The first kappa shape index (κ1) is 12.2. The maximum atomic E-state index is 5.28. The van der Waals surface area contributed by atoms with Crippen molar-refractivity contribution < 1.29 is 14.0 Å². The molecule has 1 heterocycles. The minimum Gasteiger partial charge on any atom is -0.382 e. The van der Waals surface area contributed by atoms with Crippen LogP contribution in [0.4, 0.5) is 0 Å². The van der Waals surface area contributed by atoms with Crippen LogP contribution < -0.4 is 5.32 Å². The molecule has 0 saturated heterocycles. The lowest BCUT2D eigenvalue weighted by molar-refractivity contribution is 0.0717. The van der Waals surface area contributed by atoms with Crippen molar-refractivity contribution in [2.24, 2.45) is 0 Å². The molecule has 1 aromatic rings. The molecule has 0 radical (unpaired) electrons. The van der Waals surface area contributed by atoms with E-state index in [1.165, 1.54) is 0 Å². The Morgan fingerprint density at radius 1 is 1.40 bits per heavy atom. The number of rotatable bonds is 8. The zero-order valence-corrected chi connectivity index (χ0v) is 9.28. The van der Waals surface area contributed by atoms with Crippen molar-refractivity contribution in [1.82, 2.24) is 10.5 Å². The second kappa shape index (κ2) is 7.39. The normalized spacial score (nSPS) is 10.8. The molecular weight excluding hydrogens is 196 g/mol. The third kappa shape index (κ3) is 5.51. The Morgan fingerprint density at radius 2 is 2.27 bits per heavy atom. The Kier molecular flexibility index (Phi) is 5.99. The van der Waals surface area contributed by atoms with E-state index >= 15 is 0 Å². The van der Waals surface area contributed by atoms with Crippen LogP contribution in [0.2, 0.25) is 0 Å². The molecule has 0 unspecified atom stereocenters. The molecule has 0 bridgehead atoms. The van der Waals surface area contributed by atoms with Gasteiger partial charge in [0.25, 0.3) is 0 Å². The van der Waals surface area contributed by atoms with E-state index in [-0.39, 0.29) is 0 Å². The van der Waals surface area contributed by atoms with Crippen LogP contribution in [0.5, 0.6) is 0 Å². The van der Waals surface area contributed by atoms with Crippen molar-refractivity contribution in [3.05, 3.63) is 17.5 Å². The first-order valence-electron chi connectivity index (χ1n) is 5.02. The lowest BCUT2D eigenvalue weighted by Crippen LogP contribution is -2.19. The molecule has 0 aromatic carbocycles. The molecule has 5 nitrogen and oxygen atoms in total. The van der Waals surface area contributed by atoms with Gasteiger partial charge in [-0.05, 0) is 6.92 Å². The molecule has 0 aliphatic carbocycles. The van der Waals surface area contributed by atoms with Crippen LogP contribution in [0.1, 0.15) is 11.5 Å². The number of nitrogens with one attached hydrogen (secondary N) is 1. The highest BCUT2D eigenvalue weighted by molar-refractivity contribution is 5.02. The van der Waals surface area contributed by atoms with Crippen molar-refractivity contribution in [3.63, 3.8) is 0 Å². The molecule has 0 saturated carbocycles. The second-order valence-electron chi connectivity index (χ2n) is 3.22. The molecule has 86 valence electrons. The fraction of sp³-hybridized carbons (Fsp3) is 0.700. The zero-order chi connectivity index (χ0) is 10.9. The number of hydrogen-bond donors (Lipinski definition) is 1.